The molecule has 1 unspecified atom stereocenters. The largest absolute Gasteiger partial charge is 0.494 e. The van der Waals surface area contributed by atoms with Gasteiger partial charge in [-0.2, -0.15) is 8.78 Å². The molecule has 1 atom stereocenters. The highest BCUT2D eigenvalue weighted by Gasteiger charge is 2.26. The molecule has 0 amide bonds. The predicted octanol–water partition coefficient (Wildman–Crippen LogP) is 7.98. The highest BCUT2D eigenvalue weighted by Crippen LogP contribution is 2.39. The molecule has 6 heteroatoms. The van der Waals surface area contributed by atoms with E-state index in [1.807, 2.05) is 6.08 Å². The molecular weight excluding hydrogens is 444 g/mol. The summed E-state index contributed by atoms with van der Waals surface area (Å²) in [5.74, 6) is -3.57. The van der Waals surface area contributed by atoms with E-state index in [1.54, 1.807) is 18.2 Å². The molecule has 0 spiro atoms. The highest BCUT2D eigenvalue weighted by atomic mass is 19.2. The van der Waals surface area contributed by atoms with E-state index in [-0.39, 0.29) is 35.5 Å². The second-order valence-corrected chi connectivity index (χ2v) is 9.16. The average molecular weight is 475 g/mol. The Balaban J connectivity index is 1.37. The van der Waals surface area contributed by atoms with Crippen LogP contribution in [0.5, 0.6) is 11.5 Å². The summed E-state index contributed by atoms with van der Waals surface area (Å²) in [4.78, 5) is 0. The van der Waals surface area contributed by atoms with Gasteiger partial charge >= 0.3 is 0 Å². The van der Waals surface area contributed by atoms with Crippen LogP contribution in [0.15, 0.2) is 48.1 Å². The number of hydrogen-bond acceptors (Lipinski definition) is 2. The Morgan fingerprint density at radius 1 is 0.824 bits per heavy atom. The van der Waals surface area contributed by atoms with Crippen LogP contribution in [0.3, 0.4) is 0 Å². The Bertz CT molecular complexity index is 1080. The minimum absolute atomic E-state index is 0.0513. The molecule has 182 valence electrons. The summed E-state index contributed by atoms with van der Waals surface area (Å²) in [5.41, 5.74) is 1.43. The van der Waals surface area contributed by atoms with Crippen LogP contribution in [0.2, 0.25) is 0 Å². The van der Waals surface area contributed by atoms with Gasteiger partial charge in [0.1, 0.15) is 6.61 Å². The van der Waals surface area contributed by atoms with Crippen molar-refractivity contribution in [1.29, 1.82) is 0 Å². The summed E-state index contributed by atoms with van der Waals surface area (Å²) < 4.78 is 68.3. The van der Waals surface area contributed by atoms with Gasteiger partial charge in [-0.3, -0.25) is 0 Å². The van der Waals surface area contributed by atoms with Crippen molar-refractivity contribution < 1.29 is 27.0 Å². The molecule has 0 aliphatic heterocycles. The Hall–Kier alpha value is -2.76. The van der Waals surface area contributed by atoms with Crippen LogP contribution in [-0.2, 0) is 0 Å². The molecule has 2 aromatic rings. The zero-order chi connectivity index (χ0) is 24.2. The maximum absolute atomic E-state index is 14.8. The molecule has 2 aromatic carbocycles. The lowest BCUT2D eigenvalue weighted by Gasteiger charge is -2.28. The average Bonchev–Trinajstić information content (AvgIpc) is 2.87. The summed E-state index contributed by atoms with van der Waals surface area (Å²) in [6.07, 6.45) is 10.8. The topological polar surface area (TPSA) is 18.5 Å². The normalized spacial score (nSPS) is 22.4. The van der Waals surface area contributed by atoms with Crippen LogP contribution in [0.4, 0.5) is 17.6 Å². The van der Waals surface area contributed by atoms with Gasteiger partial charge in [-0.1, -0.05) is 43.7 Å². The van der Waals surface area contributed by atoms with Gasteiger partial charge in [-0.25, -0.2) is 8.78 Å². The monoisotopic (exact) mass is 474 g/mol. The summed E-state index contributed by atoms with van der Waals surface area (Å²) in [6.45, 7) is 2.23. The van der Waals surface area contributed by atoms with Crippen molar-refractivity contribution in [2.24, 2.45) is 5.92 Å². The highest BCUT2D eigenvalue weighted by molar-refractivity contribution is 5.39. The van der Waals surface area contributed by atoms with E-state index >= 15 is 0 Å². The fourth-order valence-electron chi connectivity index (χ4n) is 5.01. The standard InChI is InChI=1S/C28H30F4O2/c1-3-17-4-8-19(9-5-17)22-13-15-24(28(32)26(22)30)34-16-18-6-10-20(11-7-18)21-12-14-23(33-2)27(31)25(21)29/h6-7,10,12-15,17,19-20H,3-5,8-9,11,16H2,1-2H3. The third-order valence-electron chi connectivity index (χ3n) is 7.21. The number of ether oxygens (including phenoxy) is 2. The molecular formula is C28H30F4O2. The number of benzene rings is 2. The van der Waals surface area contributed by atoms with Crippen molar-refractivity contribution in [3.05, 3.63) is 82.5 Å². The van der Waals surface area contributed by atoms with E-state index in [2.05, 4.69) is 6.92 Å². The molecule has 2 aliphatic carbocycles. The third kappa shape index (κ3) is 5.01. The van der Waals surface area contributed by atoms with E-state index in [9.17, 15) is 17.6 Å². The third-order valence-corrected chi connectivity index (χ3v) is 7.21. The van der Waals surface area contributed by atoms with E-state index in [1.165, 1.54) is 25.3 Å². The van der Waals surface area contributed by atoms with Gasteiger partial charge in [0.15, 0.2) is 23.1 Å². The summed E-state index contributed by atoms with van der Waals surface area (Å²) in [7, 11) is 1.28. The van der Waals surface area contributed by atoms with E-state index in [4.69, 9.17) is 9.47 Å². The maximum atomic E-state index is 14.8. The number of allylic oxidation sites excluding steroid dienone is 2. The molecule has 2 nitrogen and oxygen atoms in total. The van der Waals surface area contributed by atoms with Gasteiger partial charge in [0.2, 0.25) is 11.6 Å². The summed E-state index contributed by atoms with van der Waals surface area (Å²) in [5, 5.41) is 0. The van der Waals surface area contributed by atoms with Gasteiger partial charge < -0.3 is 9.47 Å². The first-order chi connectivity index (χ1) is 16.4. The van der Waals surface area contributed by atoms with Gasteiger partial charge in [0.05, 0.1) is 7.11 Å². The minimum Gasteiger partial charge on any atom is -0.494 e. The van der Waals surface area contributed by atoms with E-state index in [0.29, 0.717) is 17.9 Å². The Morgan fingerprint density at radius 3 is 2.12 bits per heavy atom. The number of halogens is 4. The van der Waals surface area contributed by atoms with E-state index < -0.39 is 23.3 Å². The molecule has 2 aliphatic rings. The quantitative estimate of drug-likeness (QED) is 0.379. The molecule has 4 rings (SSSR count). The van der Waals surface area contributed by atoms with Crippen LogP contribution < -0.4 is 9.47 Å². The van der Waals surface area contributed by atoms with Crippen molar-refractivity contribution in [3.63, 3.8) is 0 Å². The number of hydrogen-bond donors (Lipinski definition) is 0. The first kappa shape index (κ1) is 24.4. The van der Waals surface area contributed by atoms with Crippen molar-refractivity contribution in [1.82, 2.24) is 0 Å². The lowest BCUT2D eigenvalue weighted by Crippen LogP contribution is -2.14. The zero-order valence-corrected chi connectivity index (χ0v) is 19.6. The van der Waals surface area contributed by atoms with Crippen LogP contribution in [0.25, 0.3) is 0 Å². The fraction of sp³-hybridized carbons (Fsp3) is 0.429. The summed E-state index contributed by atoms with van der Waals surface area (Å²) >= 11 is 0. The van der Waals surface area contributed by atoms with Crippen LogP contribution in [0.1, 0.15) is 68.4 Å². The summed E-state index contributed by atoms with van der Waals surface area (Å²) in [6, 6.07) is 6.06. The van der Waals surface area contributed by atoms with Gasteiger partial charge in [-0.05, 0) is 72.8 Å². The molecule has 1 saturated carbocycles. The molecule has 0 radical (unpaired) electrons. The molecule has 0 aromatic heterocycles. The van der Waals surface area contributed by atoms with Gasteiger partial charge in [-0.15, -0.1) is 0 Å². The number of rotatable bonds is 7. The maximum Gasteiger partial charge on any atom is 0.200 e. The molecule has 0 saturated heterocycles. The van der Waals surface area contributed by atoms with Crippen LogP contribution in [0, 0.1) is 29.2 Å². The zero-order valence-electron chi connectivity index (χ0n) is 19.6. The molecule has 34 heavy (non-hydrogen) atoms. The smallest absolute Gasteiger partial charge is 0.200 e. The Labute approximate surface area is 198 Å². The van der Waals surface area contributed by atoms with Crippen LogP contribution in [-0.4, -0.2) is 13.7 Å². The van der Waals surface area contributed by atoms with Crippen molar-refractivity contribution >= 4 is 0 Å². The fourth-order valence-corrected chi connectivity index (χ4v) is 5.01. The number of methoxy groups -OCH3 is 1. The first-order valence-corrected chi connectivity index (χ1v) is 11.9. The van der Waals surface area contributed by atoms with Gasteiger partial charge in [0.25, 0.3) is 0 Å². The predicted molar refractivity (Wildman–Crippen MR) is 124 cm³/mol. The Morgan fingerprint density at radius 2 is 1.47 bits per heavy atom. The van der Waals surface area contributed by atoms with Crippen molar-refractivity contribution in [2.45, 2.75) is 57.3 Å². The van der Waals surface area contributed by atoms with Gasteiger partial charge in [0, 0.05) is 5.92 Å². The van der Waals surface area contributed by atoms with Crippen molar-refractivity contribution in [3.8, 4) is 11.5 Å². The molecule has 1 fully saturated rings. The van der Waals surface area contributed by atoms with E-state index in [0.717, 1.165) is 37.7 Å². The molecule has 0 heterocycles. The van der Waals surface area contributed by atoms with Crippen molar-refractivity contribution in [2.75, 3.05) is 13.7 Å². The second kappa shape index (κ2) is 10.7. The Kier molecular flexibility index (Phi) is 7.64. The second-order valence-electron chi connectivity index (χ2n) is 9.16. The SMILES string of the molecule is CCC1CCC(c2ccc(OCC3=CCC(c4ccc(OC)c(F)c4F)C=C3)c(F)c2F)CC1. The van der Waals surface area contributed by atoms with Crippen LogP contribution >= 0.6 is 0 Å². The molecule has 0 N–H and O–H groups in total. The first-order valence-electron chi connectivity index (χ1n) is 11.9. The molecule has 0 bridgehead atoms. The minimum atomic E-state index is -1.01. The lowest BCUT2D eigenvalue weighted by atomic mass is 9.77. The lowest BCUT2D eigenvalue weighted by molar-refractivity contribution is 0.305.